The summed E-state index contributed by atoms with van der Waals surface area (Å²) < 4.78 is 1.85. The van der Waals surface area contributed by atoms with Crippen LogP contribution < -0.4 is 5.32 Å². The molecule has 0 fully saturated rings. The van der Waals surface area contributed by atoms with Crippen molar-refractivity contribution in [3.05, 3.63) is 33.1 Å². The molecule has 2 rings (SSSR count). The number of hydrogen-bond acceptors (Lipinski definition) is 3. The summed E-state index contributed by atoms with van der Waals surface area (Å²) in [5.41, 5.74) is 1.13. The highest BCUT2D eigenvalue weighted by Crippen LogP contribution is 2.22. The first-order valence-electron chi connectivity index (χ1n) is 4.63. The molecule has 0 aliphatic heterocycles. The van der Waals surface area contributed by atoms with Crippen LogP contribution in [0.25, 0.3) is 0 Å². The molecule has 2 aromatic heterocycles. The molecular formula is C10H12ClN3S. The van der Waals surface area contributed by atoms with Crippen LogP contribution >= 0.6 is 22.9 Å². The van der Waals surface area contributed by atoms with Gasteiger partial charge in [-0.15, -0.1) is 11.3 Å². The van der Waals surface area contributed by atoms with E-state index in [1.165, 1.54) is 0 Å². The number of halogens is 1. The Hall–Kier alpha value is -1.00. The first-order chi connectivity index (χ1) is 7.16. The van der Waals surface area contributed by atoms with Crippen LogP contribution in [0, 0.1) is 6.92 Å². The number of hydrogen-bond donors (Lipinski definition) is 1. The number of thiophene rings is 1. The molecule has 80 valence electrons. The minimum absolute atomic E-state index is 0.729. The third-order valence-electron chi connectivity index (χ3n) is 2.23. The van der Waals surface area contributed by atoms with E-state index in [0.717, 1.165) is 28.0 Å². The first kappa shape index (κ1) is 10.5. The highest BCUT2D eigenvalue weighted by Gasteiger charge is 2.03. The maximum absolute atomic E-state index is 5.99. The van der Waals surface area contributed by atoms with Gasteiger partial charge in [0.2, 0.25) is 0 Å². The molecule has 1 N–H and O–H groups in total. The number of nitrogens with zero attached hydrogens (tertiary/aromatic N) is 2. The molecule has 2 aromatic rings. The van der Waals surface area contributed by atoms with Crippen molar-refractivity contribution >= 4 is 28.8 Å². The van der Waals surface area contributed by atoms with E-state index in [2.05, 4.69) is 10.4 Å². The molecule has 0 amide bonds. The smallest absolute Gasteiger partial charge is 0.148 e. The maximum atomic E-state index is 5.99. The van der Waals surface area contributed by atoms with Crippen molar-refractivity contribution in [2.75, 3.05) is 5.32 Å². The Kier molecular flexibility index (Phi) is 2.98. The van der Waals surface area contributed by atoms with Crippen molar-refractivity contribution in [2.45, 2.75) is 13.5 Å². The predicted octanol–water partition coefficient (Wildman–Crippen LogP) is 3.06. The largest absolute Gasteiger partial charge is 0.364 e. The fourth-order valence-electron chi connectivity index (χ4n) is 1.27. The number of nitrogens with one attached hydrogen (secondary N) is 1. The fraction of sp³-hybridized carbons (Fsp3) is 0.300. The molecule has 0 atom stereocenters. The van der Waals surface area contributed by atoms with E-state index >= 15 is 0 Å². The molecule has 0 spiro atoms. The van der Waals surface area contributed by atoms with Gasteiger partial charge in [0.25, 0.3) is 0 Å². The fourth-order valence-corrected chi connectivity index (χ4v) is 2.31. The first-order valence-corrected chi connectivity index (χ1v) is 5.89. The molecule has 5 heteroatoms. The summed E-state index contributed by atoms with van der Waals surface area (Å²) in [5.74, 6) is 0.888. The Morgan fingerprint density at radius 1 is 1.60 bits per heavy atom. The molecule has 0 aliphatic rings. The van der Waals surface area contributed by atoms with Gasteiger partial charge in [-0.3, -0.25) is 4.68 Å². The minimum atomic E-state index is 0.729. The van der Waals surface area contributed by atoms with Gasteiger partial charge >= 0.3 is 0 Å². The summed E-state index contributed by atoms with van der Waals surface area (Å²) >= 11 is 7.64. The summed E-state index contributed by atoms with van der Waals surface area (Å²) in [6.07, 6.45) is 0. The van der Waals surface area contributed by atoms with Crippen molar-refractivity contribution in [1.82, 2.24) is 9.78 Å². The van der Waals surface area contributed by atoms with E-state index in [1.807, 2.05) is 36.2 Å². The third-order valence-corrected chi connectivity index (χ3v) is 3.62. The van der Waals surface area contributed by atoms with E-state index in [4.69, 9.17) is 11.6 Å². The van der Waals surface area contributed by atoms with E-state index in [9.17, 15) is 0 Å². The van der Waals surface area contributed by atoms with Gasteiger partial charge in [0.1, 0.15) is 5.82 Å². The predicted molar refractivity (Wildman–Crippen MR) is 64.6 cm³/mol. The van der Waals surface area contributed by atoms with E-state index < -0.39 is 0 Å². The van der Waals surface area contributed by atoms with Crippen molar-refractivity contribution < 1.29 is 0 Å². The molecule has 0 aliphatic carbocycles. The highest BCUT2D eigenvalue weighted by atomic mass is 35.5. The van der Waals surface area contributed by atoms with E-state index in [1.54, 1.807) is 11.3 Å². The van der Waals surface area contributed by atoms with Crippen molar-refractivity contribution in [2.24, 2.45) is 7.05 Å². The lowest BCUT2D eigenvalue weighted by Crippen LogP contribution is -1.99. The van der Waals surface area contributed by atoms with Gasteiger partial charge in [-0.2, -0.15) is 5.10 Å². The zero-order valence-corrected chi connectivity index (χ0v) is 10.2. The highest BCUT2D eigenvalue weighted by molar-refractivity contribution is 7.10. The number of rotatable bonds is 3. The minimum Gasteiger partial charge on any atom is -0.364 e. The third kappa shape index (κ3) is 2.33. The quantitative estimate of drug-likeness (QED) is 0.895. The average molecular weight is 242 g/mol. The molecule has 0 radical (unpaired) electrons. The van der Waals surface area contributed by atoms with Crippen molar-refractivity contribution in [3.63, 3.8) is 0 Å². The SMILES string of the molecule is Cc1cc(NCc2sccc2Cl)nn1C. The number of aromatic nitrogens is 2. The van der Waals surface area contributed by atoms with Crippen LogP contribution in [-0.4, -0.2) is 9.78 Å². The second kappa shape index (κ2) is 4.24. The summed E-state index contributed by atoms with van der Waals surface area (Å²) in [6.45, 7) is 2.75. The van der Waals surface area contributed by atoms with Crippen LogP contribution in [0.2, 0.25) is 5.02 Å². The lowest BCUT2D eigenvalue weighted by atomic mass is 10.4. The maximum Gasteiger partial charge on any atom is 0.148 e. The lowest BCUT2D eigenvalue weighted by molar-refractivity contribution is 0.741. The number of anilines is 1. The molecule has 0 aromatic carbocycles. The van der Waals surface area contributed by atoms with Crippen LogP contribution in [0.3, 0.4) is 0 Å². The summed E-state index contributed by atoms with van der Waals surface area (Å²) in [6, 6.07) is 3.93. The second-order valence-electron chi connectivity index (χ2n) is 3.34. The molecular weight excluding hydrogens is 230 g/mol. The normalized spacial score (nSPS) is 10.6. The average Bonchev–Trinajstić information content (AvgIpc) is 2.72. The Bertz CT molecular complexity index is 441. The molecule has 0 saturated carbocycles. The van der Waals surface area contributed by atoms with Crippen LogP contribution in [0.15, 0.2) is 17.5 Å². The Morgan fingerprint density at radius 3 is 2.93 bits per heavy atom. The van der Waals surface area contributed by atoms with Gasteiger partial charge < -0.3 is 5.32 Å². The summed E-state index contributed by atoms with van der Waals surface area (Å²) in [5, 5.41) is 10.4. The zero-order chi connectivity index (χ0) is 10.8. The standard InChI is InChI=1S/C10H12ClN3S/c1-7-5-10(13-14(7)2)12-6-9-8(11)3-4-15-9/h3-5H,6H2,1-2H3,(H,12,13). The number of aryl methyl sites for hydroxylation is 2. The second-order valence-corrected chi connectivity index (χ2v) is 4.75. The molecule has 0 bridgehead atoms. The molecule has 0 saturated heterocycles. The summed E-state index contributed by atoms with van der Waals surface area (Å²) in [4.78, 5) is 1.14. The van der Waals surface area contributed by atoms with Crippen LogP contribution in [0.5, 0.6) is 0 Å². The van der Waals surface area contributed by atoms with Gasteiger partial charge in [0, 0.05) is 23.7 Å². The van der Waals surface area contributed by atoms with Gasteiger partial charge in [0.15, 0.2) is 0 Å². The van der Waals surface area contributed by atoms with Crippen LogP contribution in [0.1, 0.15) is 10.6 Å². The van der Waals surface area contributed by atoms with Gasteiger partial charge in [-0.25, -0.2) is 0 Å². The van der Waals surface area contributed by atoms with Gasteiger partial charge in [-0.05, 0) is 18.4 Å². The van der Waals surface area contributed by atoms with Crippen molar-refractivity contribution in [3.8, 4) is 0 Å². The molecule has 3 nitrogen and oxygen atoms in total. The topological polar surface area (TPSA) is 29.9 Å². The van der Waals surface area contributed by atoms with Gasteiger partial charge in [-0.1, -0.05) is 11.6 Å². The molecule has 15 heavy (non-hydrogen) atoms. The molecule has 0 unspecified atom stereocenters. The summed E-state index contributed by atoms with van der Waals surface area (Å²) in [7, 11) is 1.93. The van der Waals surface area contributed by atoms with Crippen LogP contribution in [-0.2, 0) is 13.6 Å². The Labute approximate surface area is 97.7 Å². The lowest BCUT2D eigenvalue weighted by Gasteiger charge is -2.00. The van der Waals surface area contributed by atoms with Crippen molar-refractivity contribution in [1.29, 1.82) is 0 Å². The Balaban J connectivity index is 2.02. The molecule has 2 heterocycles. The Morgan fingerprint density at radius 2 is 2.40 bits per heavy atom. The van der Waals surface area contributed by atoms with E-state index in [0.29, 0.717) is 0 Å². The van der Waals surface area contributed by atoms with E-state index in [-0.39, 0.29) is 0 Å². The van der Waals surface area contributed by atoms with Crippen LogP contribution in [0.4, 0.5) is 5.82 Å². The zero-order valence-electron chi connectivity index (χ0n) is 8.62. The monoisotopic (exact) mass is 241 g/mol. The van der Waals surface area contributed by atoms with Gasteiger partial charge in [0.05, 0.1) is 11.6 Å².